The Bertz CT molecular complexity index is 482. The molecule has 20 heavy (non-hydrogen) atoms. The summed E-state index contributed by atoms with van der Waals surface area (Å²) in [4.78, 5) is 22.7. The highest BCUT2D eigenvalue weighted by Crippen LogP contribution is 2.22. The lowest BCUT2D eigenvalue weighted by Gasteiger charge is -2.19. The van der Waals surface area contributed by atoms with Gasteiger partial charge in [0.05, 0.1) is 11.5 Å². The number of carboxylic acid groups (broad SMARTS) is 1. The molecule has 0 radical (unpaired) electrons. The number of carboxylic acids is 1. The second-order valence-corrected chi connectivity index (χ2v) is 5.53. The fourth-order valence-electron chi connectivity index (χ4n) is 1.68. The van der Waals surface area contributed by atoms with Gasteiger partial charge in [0.1, 0.15) is 5.82 Å². The molecule has 0 heterocycles. The molecule has 5 heteroatoms. The Morgan fingerprint density at radius 2 is 1.85 bits per heavy atom. The highest BCUT2D eigenvalue weighted by molar-refractivity contribution is 5.78. The molecule has 1 rings (SSSR count). The Labute approximate surface area is 118 Å². The van der Waals surface area contributed by atoms with Crippen LogP contribution in [0.5, 0.6) is 0 Å². The molecule has 0 unspecified atom stereocenters. The number of carbonyl (C=O) groups excluding carboxylic acids is 1. The first-order valence-electron chi connectivity index (χ1n) is 6.50. The van der Waals surface area contributed by atoms with Crippen LogP contribution in [0.25, 0.3) is 0 Å². The zero-order valence-electron chi connectivity index (χ0n) is 11.9. The Balaban J connectivity index is 2.50. The van der Waals surface area contributed by atoms with Crippen LogP contribution in [0.3, 0.4) is 0 Å². The molecule has 0 bridgehead atoms. The van der Waals surface area contributed by atoms with Crippen molar-refractivity contribution in [2.24, 2.45) is 5.41 Å². The Kier molecular flexibility index (Phi) is 5.25. The van der Waals surface area contributed by atoms with E-state index in [0.29, 0.717) is 0 Å². The molecule has 1 amide bonds. The highest BCUT2D eigenvalue weighted by atomic mass is 19.1. The molecule has 110 valence electrons. The van der Waals surface area contributed by atoms with Crippen LogP contribution in [0.1, 0.15) is 45.2 Å². The highest BCUT2D eigenvalue weighted by Gasteiger charge is 2.27. The van der Waals surface area contributed by atoms with E-state index < -0.39 is 11.4 Å². The lowest BCUT2D eigenvalue weighted by atomic mass is 9.88. The van der Waals surface area contributed by atoms with Crippen molar-refractivity contribution in [3.05, 3.63) is 35.6 Å². The summed E-state index contributed by atoms with van der Waals surface area (Å²) in [5, 5.41) is 11.7. The SMILES string of the molecule is C[C@H](NC(=O)CCC(C)(C)C(=O)O)c1ccc(F)cc1. The molecule has 0 aliphatic carbocycles. The predicted molar refractivity (Wildman–Crippen MR) is 73.6 cm³/mol. The van der Waals surface area contributed by atoms with Crippen LogP contribution in [-0.2, 0) is 9.59 Å². The van der Waals surface area contributed by atoms with Gasteiger partial charge < -0.3 is 10.4 Å². The largest absolute Gasteiger partial charge is 0.481 e. The standard InChI is InChI=1S/C15H20FNO3/c1-10(11-4-6-12(16)7-5-11)17-13(18)8-9-15(2,3)14(19)20/h4-7,10H,8-9H2,1-3H3,(H,17,18)(H,19,20)/t10-/m0/s1. The van der Waals surface area contributed by atoms with E-state index in [1.54, 1.807) is 32.9 Å². The smallest absolute Gasteiger partial charge is 0.309 e. The third-order valence-electron chi connectivity index (χ3n) is 3.30. The zero-order valence-corrected chi connectivity index (χ0v) is 11.9. The van der Waals surface area contributed by atoms with Crippen LogP contribution in [0, 0.1) is 11.2 Å². The molecular formula is C15H20FNO3. The summed E-state index contributed by atoms with van der Waals surface area (Å²) in [6.45, 7) is 4.98. The van der Waals surface area contributed by atoms with Crippen molar-refractivity contribution in [2.75, 3.05) is 0 Å². The molecule has 2 N–H and O–H groups in total. The quantitative estimate of drug-likeness (QED) is 0.842. The summed E-state index contributed by atoms with van der Waals surface area (Å²) in [6, 6.07) is 5.66. The Morgan fingerprint density at radius 1 is 1.30 bits per heavy atom. The van der Waals surface area contributed by atoms with Gasteiger partial charge in [0.2, 0.25) is 5.91 Å². The van der Waals surface area contributed by atoms with Gasteiger partial charge in [-0.2, -0.15) is 0 Å². The topological polar surface area (TPSA) is 66.4 Å². The minimum absolute atomic E-state index is 0.144. The molecule has 0 aliphatic rings. The Hall–Kier alpha value is -1.91. The van der Waals surface area contributed by atoms with Gasteiger partial charge in [0, 0.05) is 6.42 Å². The number of halogens is 1. The second-order valence-electron chi connectivity index (χ2n) is 5.53. The summed E-state index contributed by atoms with van der Waals surface area (Å²) >= 11 is 0. The van der Waals surface area contributed by atoms with Gasteiger partial charge in [-0.05, 0) is 44.9 Å². The number of carbonyl (C=O) groups is 2. The summed E-state index contributed by atoms with van der Waals surface area (Å²) in [7, 11) is 0. The molecule has 1 atom stereocenters. The predicted octanol–water partition coefficient (Wildman–Crippen LogP) is 2.89. The fraction of sp³-hybridized carbons (Fsp3) is 0.467. The van der Waals surface area contributed by atoms with E-state index in [1.165, 1.54) is 12.1 Å². The number of hydrogen-bond donors (Lipinski definition) is 2. The number of aliphatic carboxylic acids is 1. The average molecular weight is 281 g/mol. The van der Waals surface area contributed by atoms with Gasteiger partial charge in [0.25, 0.3) is 0 Å². The molecule has 0 fully saturated rings. The normalized spacial score (nSPS) is 12.8. The van der Waals surface area contributed by atoms with E-state index in [2.05, 4.69) is 5.32 Å². The first-order chi connectivity index (χ1) is 9.22. The average Bonchev–Trinajstić information content (AvgIpc) is 2.37. The number of benzene rings is 1. The molecular weight excluding hydrogens is 261 g/mol. The maximum atomic E-state index is 12.8. The number of hydrogen-bond acceptors (Lipinski definition) is 2. The Morgan fingerprint density at radius 3 is 2.35 bits per heavy atom. The molecule has 1 aromatic rings. The lowest BCUT2D eigenvalue weighted by molar-refractivity contribution is -0.147. The van der Waals surface area contributed by atoms with Gasteiger partial charge in [-0.3, -0.25) is 9.59 Å². The number of amides is 1. The second kappa shape index (κ2) is 6.50. The first kappa shape index (κ1) is 16.1. The zero-order chi connectivity index (χ0) is 15.3. The van der Waals surface area contributed by atoms with Crippen molar-refractivity contribution < 1.29 is 19.1 Å². The van der Waals surface area contributed by atoms with E-state index in [0.717, 1.165) is 5.56 Å². The molecule has 0 spiro atoms. The minimum Gasteiger partial charge on any atom is -0.481 e. The summed E-state index contributed by atoms with van der Waals surface area (Å²) < 4.78 is 12.8. The number of nitrogens with one attached hydrogen (secondary N) is 1. The van der Waals surface area contributed by atoms with Crippen LogP contribution >= 0.6 is 0 Å². The molecule has 0 aliphatic heterocycles. The van der Waals surface area contributed by atoms with E-state index in [1.807, 2.05) is 0 Å². The van der Waals surface area contributed by atoms with Gasteiger partial charge in [-0.1, -0.05) is 12.1 Å². The van der Waals surface area contributed by atoms with Crippen molar-refractivity contribution >= 4 is 11.9 Å². The fourth-order valence-corrected chi connectivity index (χ4v) is 1.68. The van der Waals surface area contributed by atoms with Crippen LogP contribution in [-0.4, -0.2) is 17.0 Å². The van der Waals surface area contributed by atoms with E-state index >= 15 is 0 Å². The van der Waals surface area contributed by atoms with Gasteiger partial charge >= 0.3 is 5.97 Å². The third kappa shape index (κ3) is 4.64. The van der Waals surface area contributed by atoms with E-state index in [9.17, 15) is 14.0 Å². The summed E-state index contributed by atoms with van der Waals surface area (Å²) in [6.07, 6.45) is 0.412. The van der Waals surface area contributed by atoms with Gasteiger partial charge in [0.15, 0.2) is 0 Å². The maximum Gasteiger partial charge on any atom is 0.309 e. The minimum atomic E-state index is -0.920. The van der Waals surface area contributed by atoms with Gasteiger partial charge in [-0.15, -0.1) is 0 Å². The lowest BCUT2D eigenvalue weighted by Crippen LogP contribution is -2.30. The monoisotopic (exact) mass is 281 g/mol. The van der Waals surface area contributed by atoms with Crippen molar-refractivity contribution in [2.45, 2.75) is 39.7 Å². The van der Waals surface area contributed by atoms with Crippen molar-refractivity contribution in [1.82, 2.24) is 5.32 Å². The molecule has 0 saturated heterocycles. The van der Waals surface area contributed by atoms with E-state index in [-0.39, 0.29) is 30.6 Å². The first-order valence-corrected chi connectivity index (χ1v) is 6.50. The third-order valence-corrected chi connectivity index (χ3v) is 3.30. The van der Waals surface area contributed by atoms with Crippen LogP contribution in [0.4, 0.5) is 4.39 Å². The van der Waals surface area contributed by atoms with Crippen molar-refractivity contribution in [3.63, 3.8) is 0 Å². The van der Waals surface area contributed by atoms with Crippen LogP contribution < -0.4 is 5.32 Å². The molecule has 0 saturated carbocycles. The van der Waals surface area contributed by atoms with Crippen LogP contribution in [0.2, 0.25) is 0 Å². The van der Waals surface area contributed by atoms with Crippen LogP contribution in [0.15, 0.2) is 24.3 Å². The summed E-state index contributed by atoms with van der Waals surface area (Å²) in [5.74, 6) is -1.46. The maximum absolute atomic E-state index is 12.8. The molecule has 1 aromatic carbocycles. The molecule has 4 nitrogen and oxygen atoms in total. The van der Waals surface area contributed by atoms with Gasteiger partial charge in [-0.25, -0.2) is 4.39 Å². The van der Waals surface area contributed by atoms with Crippen molar-refractivity contribution in [1.29, 1.82) is 0 Å². The molecule has 0 aromatic heterocycles. The summed E-state index contributed by atoms with van der Waals surface area (Å²) in [5.41, 5.74) is -0.117. The van der Waals surface area contributed by atoms with Crippen molar-refractivity contribution in [3.8, 4) is 0 Å². The number of rotatable bonds is 6. The van der Waals surface area contributed by atoms with E-state index in [4.69, 9.17) is 5.11 Å².